The number of carbonyl (C=O) groups is 3. The highest BCUT2D eigenvalue weighted by Crippen LogP contribution is 2.10. The number of aliphatic carboxylic acids is 1. The van der Waals surface area contributed by atoms with Crippen molar-refractivity contribution in [2.24, 2.45) is 0 Å². The third-order valence-electron chi connectivity index (χ3n) is 2.54. The molecule has 0 fully saturated rings. The largest absolute Gasteiger partial charge is 0.478 e. The van der Waals surface area contributed by atoms with Crippen LogP contribution in [0.2, 0.25) is 0 Å². The zero-order valence-electron chi connectivity index (χ0n) is 14.0. The summed E-state index contributed by atoms with van der Waals surface area (Å²) in [7, 11) is 1.27. The number of allylic oxidation sites excluding steroid dienone is 3. The van der Waals surface area contributed by atoms with Gasteiger partial charge in [-0.05, 0) is 26.7 Å². The summed E-state index contributed by atoms with van der Waals surface area (Å²) in [5, 5.41) is 8.02. The molecule has 0 radical (unpaired) electrons. The van der Waals surface area contributed by atoms with Crippen LogP contribution >= 0.6 is 0 Å². The molecule has 0 aromatic heterocycles. The van der Waals surface area contributed by atoms with Crippen molar-refractivity contribution in [2.45, 2.75) is 33.6 Å². The number of methoxy groups -OCH3 is 1. The summed E-state index contributed by atoms with van der Waals surface area (Å²) in [4.78, 5) is 32.1. The van der Waals surface area contributed by atoms with Gasteiger partial charge in [-0.25, -0.2) is 14.4 Å². The third kappa shape index (κ3) is 11.7. The molecule has 6 nitrogen and oxygen atoms in total. The van der Waals surface area contributed by atoms with E-state index in [1.807, 2.05) is 0 Å². The Hall–Kier alpha value is -2.63. The summed E-state index contributed by atoms with van der Waals surface area (Å²) >= 11 is 0. The Bertz CT molecular complexity index is 511. The maximum Gasteiger partial charge on any atom is 0.338 e. The average Bonchev–Trinajstić information content (AvgIpc) is 2.52. The van der Waals surface area contributed by atoms with Gasteiger partial charge < -0.3 is 14.6 Å². The first-order valence-electron chi connectivity index (χ1n) is 6.87. The highest BCUT2D eigenvalue weighted by Gasteiger charge is 2.13. The molecule has 128 valence electrons. The van der Waals surface area contributed by atoms with E-state index in [0.717, 1.165) is 6.08 Å². The predicted molar refractivity (Wildman–Crippen MR) is 87.5 cm³/mol. The monoisotopic (exact) mass is 324 g/mol. The van der Waals surface area contributed by atoms with Crippen LogP contribution in [0.4, 0.5) is 0 Å². The molecular formula is C17H24O6. The zero-order valence-corrected chi connectivity index (χ0v) is 14.0. The minimum absolute atomic E-state index is 0.237. The molecule has 0 aliphatic heterocycles. The molecule has 0 amide bonds. The molecule has 0 aliphatic rings. The van der Waals surface area contributed by atoms with Crippen LogP contribution in [0.3, 0.4) is 0 Å². The summed E-state index contributed by atoms with van der Waals surface area (Å²) in [5.41, 5.74) is 0.641. The number of ether oxygens (including phenoxy) is 2. The Labute approximate surface area is 136 Å². The van der Waals surface area contributed by atoms with Crippen molar-refractivity contribution in [2.75, 3.05) is 7.11 Å². The van der Waals surface area contributed by atoms with Gasteiger partial charge in [-0.3, -0.25) is 0 Å². The second kappa shape index (κ2) is 13.1. The SMILES string of the molecule is C=C(CC)C(=O)OC(C)=C(C)C(=O)OC.C=CCC=CC(=O)O. The van der Waals surface area contributed by atoms with Crippen LogP contribution in [0.5, 0.6) is 0 Å². The van der Waals surface area contributed by atoms with E-state index in [2.05, 4.69) is 17.9 Å². The third-order valence-corrected chi connectivity index (χ3v) is 2.54. The van der Waals surface area contributed by atoms with Gasteiger partial charge in [-0.1, -0.05) is 25.7 Å². The lowest BCUT2D eigenvalue weighted by Gasteiger charge is -2.07. The molecule has 0 spiro atoms. The Morgan fingerprint density at radius 3 is 2.13 bits per heavy atom. The van der Waals surface area contributed by atoms with E-state index in [1.54, 1.807) is 13.0 Å². The maximum atomic E-state index is 11.3. The fourth-order valence-corrected chi connectivity index (χ4v) is 0.994. The Balaban J connectivity index is 0. The van der Waals surface area contributed by atoms with Crippen molar-refractivity contribution in [1.29, 1.82) is 0 Å². The quantitative estimate of drug-likeness (QED) is 0.335. The predicted octanol–water partition coefficient (Wildman–Crippen LogP) is 3.17. The fraction of sp³-hybridized carbons (Fsp3) is 0.353. The standard InChI is InChI=1S/C11H16O4.C6H8O2/c1-6-7(2)10(12)15-9(4)8(3)11(13)14-5;1-2-3-4-5-6(7)8/h2,6H2,1,3-5H3;2,4-5H,1,3H2,(H,7,8). The molecule has 0 rings (SSSR count). The van der Waals surface area contributed by atoms with E-state index in [4.69, 9.17) is 9.84 Å². The lowest BCUT2D eigenvalue weighted by atomic mass is 10.2. The van der Waals surface area contributed by atoms with Gasteiger partial charge >= 0.3 is 17.9 Å². The summed E-state index contributed by atoms with van der Waals surface area (Å²) in [6.45, 7) is 11.8. The van der Waals surface area contributed by atoms with Crippen molar-refractivity contribution < 1.29 is 29.0 Å². The van der Waals surface area contributed by atoms with E-state index in [9.17, 15) is 14.4 Å². The second-order valence-electron chi connectivity index (χ2n) is 4.28. The normalized spacial score (nSPS) is 10.8. The Morgan fingerprint density at radius 2 is 1.74 bits per heavy atom. The number of hydrogen-bond acceptors (Lipinski definition) is 5. The van der Waals surface area contributed by atoms with Crippen molar-refractivity contribution in [3.63, 3.8) is 0 Å². The molecule has 0 aromatic carbocycles. The zero-order chi connectivity index (χ0) is 18.4. The molecule has 0 aromatic rings. The molecule has 0 saturated heterocycles. The lowest BCUT2D eigenvalue weighted by molar-refractivity contribution is -0.137. The van der Waals surface area contributed by atoms with Crippen LogP contribution < -0.4 is 0 Å². The lowest BCUT2D eigenvalue weighted by Crippen LogP contribution is -2.10. The highest BCUT2D eigenvalue weighted by atomic mass is 16.5. The molecule has 0 heterocycles. The van der Waals surface area contributed by atoms with Gasteiger partial charge in [0.05, 0.1) is 12.7 Å². The molecule has 0 saturated carbocycles. The summed E-state index contributed by atoms with van der Waals surface area (Å²) in [6, 6.07) is 0. The molecule has 6 heteroatoms. The van der Waals surface area contributed by atoms with Gasteiger partial charge in [-0.15, -0.1) is 6.58 Å². The number of esters is 2. The van der Waals surface area contributed by atoms with Crippen LogP contribution in [0.25, 0.3) is 0 Å². The van der Waals surface area contributed by atoms with E-state index in [-0.39, 0.29) is 11.3 Å². The van der Waals surface area contributed by atoms with Crippen LogP contribution in [-0.2, 0) is 23.9 Å². The van der Waals surface area contributed by atoms with Gasteiger partial charge in [-0.2, -0.15) is 0 Å². The smallest absolute Gasteiger partial charge is 0.338 e. The highest BCUT2D eigenvalue weighted by molar-refractivity contribution is 5.91. The van der Waals surface area contributed by atoms with E-state index in [0.29, 0.717) is 18.4 Å². The number of carbonyl (C=O) groups excluding carboxylic acids is 2. The fourth-order valence-electron chi connectivity index (χ4n) is 0.994. The number of carboxylic acids is 1. The molecule has 23 heavy (non-hydrogen) atoms. The van der Waals surface area contributed by atoms with Crippen molar-refractivity contribution in [3.8, 4) is 0 Å². The minimum Gasteiger partial charge on any atom is -0.478 e. The van der Waals surface area contributed by atoms with E-state index >= 15 is 0 Å². The summed E-state index contributed by atoms with van der Waals surface area (Å²) in [6.07, 6.45) is 5.41. The second-order valence-corrected chi connectivity index (χ2v) is 4.28. The molecule has 1 N–H and O–H groups in total. The Kier molecular flexibility index (Phi) is 12.9. The number of hydrogen-bond donors (Lipinski definition) is 1. The van der Waals surface area contributed by atoms with Gasteiger partial charge in [0.15, 0.2) is 0 Å². The van der Waals surface area contributed by atoms with Crippen molar-refractivity contribution in [3.05, 3.63) is 48.3 Å². The first-order valence-corrected chi connectivity index (χ1v) is 6.87. The van der Waals surface area contributed by atoms with E-state index in [1.165, 1.54) is 27.0 Å². The molecule has 0 unspecified atom stereocenters. The van der Waals surface area contributed by atoms with Gasteiger partial charge in [0.2, 0.25) is 0 Å². The molecular weight excluding hydrogens is 300 g/mol. The van der Waals surface area contributed by atoms with Crippen LogP contribution in [0, 0.1) is 0 Å². The average molecular weight is 324 g/mol. The van der Waals surface area contributed by atoms with E-state index < -0.39 is 17.9 Å². The Morgan fingerprint density at radius 1 is 1.17 bits per heavy atom. The van der Waals surface area contributed by atoms with Crippen LogP contribution in [-0.4, -0.2) is 30.1 Å². The molecule has 0 atom stereocenters. The first-order chi connectivity index (χ1) is 10.7. The first kappa shape index (κ1) is 22.6. The van der Waals surface area contributed by atoms with Gasteiger partial charge in [0.1, 0.15) is 5.76 Å². The number of carboxylic acid groups (broad SMARTS) is 1. The minimum atomic E-state index is -0.910. The van der Waals surface area contributed by atoms with Crippen molar-refractivity contribution in [1.82, 2.24) is 0 Å². The van der Waals surface area contributed by atoms with Crippen LogP contribution in [0.15, 0.2) is 48.3 Å². The van der Waals surface area contributed by atoms with Crippen molar-refractivity contribution >= 4 is 17.9 Å². The molecule has 0 aliphatic carbocycles. The van der Waals surface area contributed by atoms with Crippen LogP contribution in [0.1, 0.15) is 33.6 Å². The summed E-state index contributed by atoms with van der Waals surface area (Å²) < 4.78 is 9.42. The van der Waals surface area contributed by atoms with Gasteiger partial charge in [0, 0.05) is 11.6 Å². The van der Waals surface area contributed by atoms with Gasteiger partial charge in [0.25, 0.3) is 0 Å². The maximum absolute atomic E-state index is 11.3. The number of rotatable bonds is 7. The summed E-state index contributed by atoms with van der Waals surface area (Å²) in [5.74, 6) is -1.70. The topological polar surface area (TPSA) is 89.9 Å². The molecule has 0 bridgehead atoms.